The number of hydrogen-bond donors (Lipinski definition) is 1. The zero-order valence-electron chi connectivity index (χ0n) is 11.5. The summed E-state index contributed by atoms with van der Waals surface area (Å²) in [5.74, 6) is 0.770. The molecule has 2 aromatic rings. The van der Waals surface area contributed by atoms with Crippen molar-refractivity contribution in [2.75, 3.05) is 6.54 Å². The van der Waals surface area contributed by atoms with Gasteiger partial charge in [0.05, 0.1) is 5.52 Å². The molecule has 0 bridgehead atoms. The van der Waals surface area contributed by atoms with Gasteiger partial charge >= 0.3 is 0 Å². The van der Waals surface area contributed by atoms with Crippen molar-refractivity contribution in [3.05, 3.63) is 36.0 Å². The molecule has 98 valence electrons. The standard InChI is InChI=1S/C16H24N2/c1-3-13(4-2)12-18-11-9-15-7-5-6-14(8-10-17)16(15)18/h5-7,9,11,13H,3-4,8,10,12,17H2,1-2H3. The summed E-state index contributed by atoms with van der Waals surface area (Å²) < 4.78 is 2.41. The van der Waals surface area contributed by atoms with E-state index in [2.05, 4.69) is 48.9 Å². The number of hydrogen-bond acceptors (Lipinski definition) is 1. The number of fused-ring (bicyclic) bond motifs is 1. The summed E-state index contributed by atoms with van der Waals surface area (Å²) in [5, 5.41) is 1.34. The Labute approximate surface area is 110 Å². The van der Waals surface area contributed by atoms with Gasteiger partial charge in [-0.25, -0.2) is 0 Å². The van der Waals surface area contributed by atoms with Gasteiger partial charge in [0.25, 0.3) is 0 Å². The minimum atomic E-state index is 0.718. The lowest BCUT2D eigenvalue weighted by molar-refractivity contribution is 0.425. The molecule has 0 saturated heterocycles. The van der Waals surface area contributed by atoms with E-state index in [1.165, 1.54) is 29.3 Å². The molecule has 1 heterocycles. The number of para-hydroxylation sites is 1. The van der Waals surface area contributed by atoms with Gasteiger partial charge in [-0.3, -0.25) is 0 Å². The third-order valence-corrected chi connectivity index (χ3v) is 3.90. The third-order valence-electron chi connectivity index (χ3n) is 3.90. The van der Waals surface area contributed by atoms with Gasteiger partial charge in [0.1, 0.15) is 0 Å². The van der Waals surface area contributed by atoms with Gasteiger partial charge in [-0.2, -0.15) is 0 Å². The van der Waals surface area contributed by atoms with Crippen molar-refractivity contribution in [1.82, 2.24) is 4.57 Å². The maximum Gasteiger partial charge on any atom is 0.0513 e. The molecule has 2 nitrogen and oxygen atoms in total. The Morgan fingerprint density at radius 1 is 1.17 bits per heavy atom. The summed E-state index contributed by atoms with van der Waals surface area (Å²) in [6.45, 7) is 6.40. The van der Waals surface area contributed by atoms with Crippen molar-refractivity contribution in [2.45, 2.75) is 39.7 Å². The quantitative estimate of drug-likeness (QED) is 0.827. The monoisotopic (exact) mass is 244 g/mol. The predicted molar refractivity (Wildman–Crippen MR) is 78.8 cm³/mol. The SMILES string of the molecule is CCC(CC)Cn1ccc2cccc(CCN)c21. The van der Waals surface area contributed by atoms with Crippen LogP contribution >= 0.6 is 0 Å². The maximum atomic E-state index is 5.71. The zero-order chi connectivity index (χ0) is 13.0. The molecule has 1 aromatic heterocycles. The summed E-state index contributed by atoms with van der Waals surface area (Å²) in [7, 11) is 0. The van der Waals surface area contributed by atoms with E-state index in [0.717, 1.165) is 25.4 Å². The van der Waals surface area contributed by atoms with Gasteiger partial charge < -0.3 is 10.3 Å². The fourth-order valence-corrected chi connectivity index (χ4v) is 2.68. The second kappa shape index (κ2) is 6.05. The molecule has 2 heteroatoms. The van der Waals surface area contributed by atoms with Crippen LogP contribution in [0.2, 0.25) is 0 Å². The van der Waals surface area contributed by atoms with E-state index in [0.29, 0.717) is 0 Å². The second-order valence-electron chi connectivity index (χ2n) is 5.04. The van der Waals surface area contributed by atoms with Crippen LogP contribution < -0.4 is 5.73 Å². The maximum absolute atomic E-state index is 5.71. The van der Waals surface area contributed by atoms with Crippen LogP contribution in [0.4, 0.5) is 0 Å². The zero-order valence-corrected chi connectivity index (χ0v) is 11.5. The van der Waals surface area contributed by atoms with Crippen LogP contribution in [0, 0.1) is 5.92 Å². The molecule has 2 rings (SSSR count). The predicted octanol–water partition coefficient (Wildman–Crippen LogP) is 3.58. The molecule has 0 spiro atoms. The Balaban J connectivity index is 2.38. The lowest BCUT2D eigenvalue weighted by Gasteiger charge is -2.16. The molecule has 0 aliphatic rings. The van der Waals surface area contributed by atoms with Crippen LogP contribution in [0.3, 0.4) is 0 Å². The van der Waals surface area contributed by atoms with Crippen LogP contribution in [0.15, 0.2) is 30.5 Å². The molecule has 0 amide bonds. The van der Waals surface area contributed by atoms with E-state index in [4.69, 9.17) is 5.73 Å². The lowest BCUT2D eigenvalue weighted by atomic mass is 10.0. The highest BCUT2D eigenvalue weighted by molar-refractivity contribution is 5.83. The number of aromatic nitrogens is 1. The van der Waals surface area contributed by atoms with Crippen molar-refractivity contribution in [2.24, 2.45) is 11.7 Å². The first kappa shape index (κ1) is 13.2. The second-order valence-corrected chi connectivity index (χ2v) is 5.04. The fraction of sp³-hybridized carbons (Fsp3) is 0.500. The minimum absolute atomic E-state index is 0.718. The molecule has 0 radical (unpaired) electrons. The van der Waals surface area contributed by atoms with Crippen molar-refractivity contribution in [1.29, 1.82) is 0 Å². The van der Waals surface area contributed by atoms with Crippen LogP contribution in [-0.4, -0.2) is 11.1 Å². The van der Waals surface area contributed by atoms with E-state index >= 15 is 0 Å². The van der Waals surface area contributed by atoms with Crippen molar-refractivity contribution < 1.29 is 0 Å². The van der Waals surface area contributed by atoms with E-state index < -0.39 is 0 Å². The average molecular weight is 244 g/mol. The average Bonchev–Trinajstić information content (AvgIpc) is 2.80. The van der Waals surface area contributed by atoms with Gasteiger partial charge in [-0.1, -0.05) is 44.9 Å². The Bertz CT molecular complexity index is 495. The number of benzene rings is 1. The number of rotatable bonds is 6. The Hall–Kier alpha value is -1.28. The summed E-state index contributed by atoms with van der Waals surface area (Å²) in [5.41, 5.74) is 8.48. The normalized spacial score (nSPS) is 11.6. The molecule has 2 N–H and O–H groups in total. The molecule has 18 heavy (non-hydrogen) atoms. The van der Waals surface area contributed by atoms with Crippen LogP contribution in [0.25, 0.3) is 10.9 Å². The summed E-state index contributed by atoms with van der Waals surface area (Å²) >= 11 is 0. The number of nitrogens with two attached hydrogens (primary N) is 1. The summed E-state index contributed by atoms with van der Waals surface area (Å²) in [6, 6.07) is 8.75. The minimum Gasteiger partial charge on any atom is -0.347 e. The van der Waals surface area contributed by atoms with Gasteiger partial charge in [-0.05, 0) is 35.9 Å². The van der Waals surface area contributed by atoms with Crippen molar-refractivity contribution >= 4 is 10.9 Å². The van der Waals surface area contributed by atoms with Gasteiger partial charge in [0.15, 0.2) is 0 Å². The first-order chi connectivity index (χ1) is 8.80. The van der Waals surface area contributed by atoms with E-state index in [-0.39, 0.29) is 0 Å². The summed E-state index contributed by atoms with van der Waals surface area (Å²) in [6.07, 6.45) is 5.68. The molecular weight excluding hydrogens is 220 g/mol. The van der Waals surface area contributed by atoms with E-state index in [9.17, 15) is 0 Å². The molecule has 0 saturated carbocycles. The largest absolute Gasteiger partial charge is 0.347 e. The molecule has 1 aromatic carbocycles. The molecule has 0 atom stereocenters. The molecule has 0 unspecified atom stereocenters. The van der Waals surface area contributed by atoms with Gasteiger partial charge in [-0.15, -0.1) is 0 Å². The van der Waals surface area contributed by atoms with Crippen LogP contribution in [0.1, 0.15) is 32.3 Å². The Kier molecular flexibility index (Phi) is 4.43. The highest BCUT2D eigenvalue weighted by atomic mass is 15.0. The Morgan fingerprint density at radius 3 is 2.61 bits per heavy atom. The smallest absolute Gasteiger partial charge is 0.0513 e. The molecule has 0 fully saturated rings. The first-order valence-corrected chi connectivity index (χ1v) is 7.06. The number of nitrogens with zero attached hydrogens (tertiary/aromatic N) is 1. The van der Waals surface area contributed by atoms with Gasteiger partial charge in [0.2, 0.25) is 0 Å². The molecule has 0 aliphatic heterocycles. The summed E-state index contributed by atoms with van der Waals surface area (Å²) in [4.78, 5) is 0. The molecular formula is C16H24N2. The first-order valence-electron chi connectivity index (χ1n) is 7.06. The third kappa shape index (κ3) is 2.59. The van der Waals surface area contributed by atoms with Crippen molar-refractivity contribution in [3.63, 3.8) is 0 Å². The topological polar surface area (TPSA) is 30.9 Å². The highest BCUT2D eigenvalue weighted by Crippen LogP contribution is 2.23. The van der Waals surface area contributed by atoms with E-state index in [1.54, 1.807) is 0 Å². The fourth-order valence-electron chi connectivity index (χ4n) is 2.68. The van der Waals surface area contributed by atoms with Gasteiger partial charge in [0, 0.05) is 12.7 Å². The molecule has 0 aliphatic carbocycles. The lowest BCUT2D eigenvalue weighted by Crippen LogP contribution is -2.10. The highest BCUT2D eigenvalue weighted by Gasteiger charge is 2.09. The van der Waals surface area contributed by atoms with Crippen molar-refractivity contribution in [3.8, 4) is 0 Å². The van der Waals surface area contributed by atoms with Crippen LogP contribution in [0.5, 0.6) is 0 Å². The van der Waals surface area contributed by atoms with Crippen LogP contribution in [-0.2, 0) is 13.0 Å². The Morgan fingerprint density at radius 2 is 1.94 bits per heavy atom. The van der Waals surface area contributed by atoms with E-state index in [1.807, 2.05) is 0 Å².